The van der Waals surface area contributed by atoms with Crippen molar-refractivity contribution in [1.29, 1.82) is 0 Å². The Balaban J connectivity index is 1.23. The van der Waals surface area contributed by atoms with E-state index in [2.05, 4.69) is 36.4 Å². The Bertz CT molecular complexity index is 1930. The Morgan fingerprint density at radius 1 is 0.519 bits per heavy atom. The molecule has 266 valence electrons. The summed E-state index contributed by atoms with van der Waals surface area (Å²) in [5, 5.41) is 19.7. The maximum atomic E-state index is 12.0. The zero-order chi connectivity index (χ0) is 35.2. The molecule has 8 saturated carbocycles. The van der Waals surface area contributed by atoms with Gasteiger partial charge in [-0.15, -0.1) is 0 Å². The molecule has 0 aliphatic heterocycles. The molecule has 2 unspecified atom stereocenters. The van der Waals surface area contributed by atoms with Crippen molar-refractivity contribution in [3.63, 3.8) is 0 Å². The van der Waals surface area contributed by atoms with Crippen molar-refractivity contribution in [3.05, 3.63) is 119 Å². The SMILES string of the molecule is O=C(O)c1cccc(Oc2ccccc2C2(c3ccccc3Oc3cccc(C(=O)O)c3)C3CC4CC(C3)CC2(C23CC5CC(CC(C5)C2)C3)C4)c1. The molecule has 4 aromatic carbocycles. The highest BCUT2D eigenvalue weighted by molar-refractivity contribution is 5.88. The minimum absolute atomic E-state index is 0.0183. The highest BCUT2D eigenvalue weighted by Crippen LogP contribution is 2.82. The lowest BCUT2D eigenvalue weighted by Crippen LogP contribution is -2.71. The van der Waals surface area contributed by atoms with Crippen LogP contribution in [0.4, 0.5) is 0 Å². The van der Waals surface area contributed by atoms with Crippen LogP contribution in [0.15, 0.2) is 97.1 Å². The number of rotatable bonds is 9. The van der Waals surface area contributed by atoms with Gasteiger partial charge in [-0.1, -0.05) is 48.5 Å². The molecule has 0 saturated heterocycles. The first kappa shape index (κ1) is 32.1. The number of carboxylic acids is 2. The third-order valence-corrected chi connectivity index (χ3v) is 14.8. The standard InChI is InChI=1S/C46H46O6/c47-42(48)33-7-5-9-36(21-33)51-40-13-3-1-11-38(40)46(39-12-2-4-14-41(39)52-37-10-6-8-34(22-37)43(49)50)35-19-31-18-32(20-35)27-45(46,26-31)44-23-28-15-29(24-44)17-30(16-28)25-44/h1-14,21-22,28-32,35H,15-20,23-27H2,(H,47,48)(H,49,50). The Morgan fingerprint density at radius 2 is 0.942 bits per heavy atom. The Hall–Kier alpha value is -4.58. The molecule has 0 heterocycles. The summed E-state index contributed by atoms with van der Waals surface area (Å²) in [6.45, 7) is 0. The summed E-state index contributed by atoms with van der Waals surface area (Å²) in [6, 6.07) is 30.9. The van der Waals surface area contributed by atoms with E-state index in [0.29, 0.717) is 29.3 Å². The average molecular weight is 695 g/mol. The van der Waals surface area contributed by atoms with E-state index in [-0.39, 0.29) is 22.0 Å². The van der Waals surface area contributed by atoms with Gasteiger partial charge in [0.25, 0.3) is 0 Å². The molecule has 12 rings (SSSR count). The van der Waals surface area contributed by atoms with Gasteiger partial charge in [-0.2, -0.15) is 0 Å². The van der Waals surface area contributed by atoms with Crippen LogP contribution in [0.1, 0.15) is 102 Å². The summed E-state index contributed by atoms with van der Waals surface area (Å²) in [7, 11) is 0. The van der Waals surface area contributed by atoms with E-state index in [1.54, 1.807) is 36.4 Å². The van der Waals surface area contributed by atoms with Crippen LogP contribution in [0.3, 0.4) is 0 Å². The molecule has 8 fully saturated rings. The van der Waals surface area contributed by atoms with Gasteiger partial charge in [-0.25, -0.2) is 9.59 Å². The van der Waals surface area contributed by atoms with Crippen LogP contribution in [-0.2, 0) is 5.41 Å². The molecule has 8 aliphatic rings. The van der Waals surface area contributed by atoms with E-state index in [1.807, 2.05) is 24.3 Å². The average Bonchev–Trinajstić information content (AvgIpc) is 3.12. The number of carboxylic acid groups (broad SMARTS) is 2. The molecule has 2 N–H and O–H groups in total. The van der Waals surface area contributed by atoms with Crippen LogP contribution in [0, 0.1) is 46.3 Å². The van der Waals surface area contributed by atoms with Crippen LogP contribution in [0.2, 0.25) is 0 Å². The molecule has 8 aliphatic carbocycles. The molecular weight excluding hydrogens is 648 g/mol. The van der Waals surface area contributed by atoms with Gasteiger partial charge in [0, 0.05) is 16.5 Å². The van der Waals surface area contributed by atoms with E-state index < -0.39 is 17.4 Å². The second kappa shape index (κ2) is 11.7. The second-order valence-corrected chi connectivity index (χ2v) is 17.5. The van der Waals surface area contributed by atoms with Crippen LogP contribution in [-0.4, -0.2) is 22.2 Å². The van der Waals surface area contributed by atoms with Gasteiger partial charge < -0.3 is 19.7 Å². The topological polar surface area (TPSA) is 93.1 Å². The predicted octanol–water partition coefficient (Wildman–Crippen LogP) is 11.0. The monoisotopic (exact) mass is 694 g/mol. The summed E-state index contributed by atoms with van der Waals surface area (Å²) in [6.07, 6.45) is 14.2. The van der Waals surface area contributed by atoms with Gasteiger partial charge in [0.2, 0.25) is 0 Å². The lowest BCUT2D eigenvalue weighted by Gasteiger charge is -2.77. The van der Waals surface area contributed by atoms with Gasteiger partial charge in [0.1, 0.15) is 23.0 Å². The minimum atomic E-state index is -0.977. The van der Waals surface area contributed by atoms with Gasteiger partial charge in [0.15, 0.2) is 0 Å². The van der Waals surface area contributed by atoms with Crippen molar-refractivity contribution in [2.45, 2.75) is 76.0 Å². The third kappa shape index (κ3) is 4.68. The van der Waals surface area contributed by atoms with Gasteiger partial charge in [-0.3, -0.25) is 0 Å². The number of hydrogen-bond donors (Lipinski definition) is 2. The number of hydrogen-bond acceptors (Lipinski definition) is 4. The number of benzene rings is 4. The smallest absolute Gasteiger partial charge is 0.335 e. The third-order valence-electron chi connectivity index (χ3n) is 14.8. The summed E-state index contributed by atoms with van der Waals surface area (Å²) >= 11 is 0. The lowest BCUT2D eigenvalue weighted by atomic mass is 9.27. The largest absolute Gasteiger partial charge is 0.478 e. The molecule has 8 bridgehead atoms. The van der Waals surface area contributed by atoms with E-state index in [9.17, 15) is 19.8 Å². The van der Waals surface area contributed by atoms with Crippen molar-refractivity contribution in [2.75, 3.05) is 0 Å². The second-order valence-electron chi connectivity index (χ2n) is 17.5. The number of ether oxygens (including phenoxy) is 2. The first-order valence-electron chi connectivity index (χ1n) is 19.5. The molecule has 0 aromatic heterocycles. The van der Waals surface area contributed by atoms with E-state index >= 15 is 0 Å². The molecule has 52 heavy (non-hydrogen) atoms. The van der Waals surface area contributed by atoms with Gasteiger partial charge in [0.05, 0.1) is 11.1 Å². The quantitative estimate of drug-likeness (QED) is 0.181. The summed E-state index contributed by atoms with van der Waals surface area (Å²) in [5.74, 6) is 4.83. The van der Waals surface area contributed by atoms with Crippen LogP contribution >= 0.6 is 0 Å². The normalized spacial score (nSPS) is 33.2. The van der Waals surface area contributed by atoms with E-state index in [1.165, 1.54) is 68.9 Å². The number of aromatic carboxylic acids is 2. The first-order valence-corrected chi connectivity index (χ1v) is 19.5. The zero-order valence-electron chi connectivity index (χ0n) is 29.5. The highest BCUT2D eigenvalue weighted by atomic mass is 16.5. The molecular formula is C46H46O6. The predicted molar refractivity (Wildman–Crippen MR) is 197 cm³/mol. The van der Waals surface area contributed by atoms with Crippen LogP contribution in [0.5, 0.6) is 23.0 Å². The summed E-state index contributed by atoms with van der Waals surface area (Å²) < 4.78 is 13.8. The molecule has 0 radical (unpaired) electrons. The van der Waals surface area contributed by atoms with E-state index in [4.69, 9.17) is 9.47 Å². The Morgan fingerprint density at radius 3 is 1.38 bits per heavy atom. The number of carbonyl (C=O) groups is 2. The molecule has 2 atom stereocenters. The van der Waals surface area contributed by atoms with Gasteiger partial charge >= 0.3 is 11.9 Å². The number of para-hydroxylation sites is 2. The molecule has 6 heteroatoms. The fourth-order valence-corrected chi connectivity index (χ4v) is 14.1. The Kier molecular flexibility index (Phi) is 7.23. The lowest BCUT2D eigenvalue weighted by molar-refractivity contribution is -0.234. The Labute approximate surface area is 305 Å². The van der Waals surface area contributed by atoms with Crippen LogP contribution in [0.25, 0.3) is 0 Å². The summed E-state index contributed by atoms with van der Waals surface area (Å²) in [4.78, 5) is 24.0. The summed E-state index contributed by atoms with van der Waals surface area (Å²) in [5.41, 5.74) is 2.53. The van der Waals surface area contributed by atoms with Crippen LogP contribution < -0.4 is 9.47 Å². The van der Waals surface area contributed by atoms with Crippen molar-refractivity contribution >= 4 is 11.9 Å². The fourth-order valence-electron chi connectivity index (χ4n) is 14.1. The van der Waals surface area contributed by atoms with Crippen molar-refractivity contribution in [2.24, 2.45) is 46.3 Å². The maximum absolute atomic E-state index is 12.0. The fraction of sp³-hybridized carbons (Fsp3) is 0.435. The van der Waals surface area contributed by atoms with Crippen molar-refractivity contribution in [3.8, 4) is 23.0 Å². The van der Waals surface area contributed by atoms with E-state index in [0.717, 1.165) is 42.1 Å². The molecule has 6 nitrogen and oxygen atoms in total. The minimum Gasteiger partial charge on any atom is -0.478 e. The molecule has 0 spiro atoms. The molecule has 4 aromatic rings. The maximum Gasteiger partial charge on any atom is 0.335 e. The van der Waals surface area contributed by atoms with Crippen molar-refractivity contribution in [1.82, 2.24) is 0 Å². The molecule has 0 amide bonds. The van der Waals surface area contributed by atoms with Gasteiger partial charge in [-0.05, 0) is 165 Å². The first-order chi connectivity index (χ1) is 25.2. The zero-order valence-corrected chi connectivity index (χ0v) is 29.5. The van der Waals surface area contributed by atoms with Crippen molar-refractivity contribution < 1.29 is 29.3 Å². The highest BCUT2D eigenvalue weighted by Gasteiger charge is 2.75.